The summed E-state index contributed by atoms with van der Waals surface area (Å²) in [5.74, 6) is 2.70. The summed E-state index contributed by atoms with van der Waals surface area (Å²) < 4.78 is 12.7. The molecular formula is C27H38N4O2S. The fourth-order valence-corrected chi connectivity index (χ4v) is 6.45. The van der Waals surface area contributed by atoms with Crippen molar-refractivity contribution in [2.45, 2.75) is 64.3 Å². The number of piperidine rings is 1. The lowest BCUT2D eigenvalue weighted by atomic mass is 9.83. The van der Waals surface area contributed by atoms with Crippen LogP contribution < -0.4 is 10.2 Å². The fraction of sp³-hybridized carbons (Fsp3) is 0.556. The summed E-state index contributed by atoms with van der Waals surface area (Å²) in [6.07, 6.45) is 6.15. The van der Waals surface area contributed by atoms with Gasteiger partial charge in [0, 0.05) is 25.3 Å². The Labute approximate surface area is 206 Å². The van der Waals surface area contributed by atoms with Crippen molar-refractivity contribution in [1.82, 2.24) is 9.97 Å². The van der Waals surface area contributed by atoms with Gasteiger partial charge in [-0.15, -0.1) is 0 Å². The van der Waals surface area contributed by atoms with E-state index < -0.39 is 10.8 Å². The highest BCUT2D eigenvalue weighted by Gasteiger charge is 2.30. The molecule has 0 amide bonds. The molecular weight excluding hydrogens is 444 g/mol. The molecule has 184 valence electrons. The topological polar surface area (TPSA) is 78.3 Å². The normalized spacial score (nSPS) is 20.0. The Morgan fingerprint density at radius 1 is 1.26 bits per heavy atom. The van der Waals surface area contributed by atoms with E-state index in [0.29, 0.717) is 23.9 Å². The van der Waals surface area contributed by atoms with Gasteiger partial charge in [0.05, 0.1) is 29.1 Å². The van der Waals surface area contributed by atoms with Gasteiger partial charge in [0.2, 0.25) is 5.95 Å². The van der Waals surface area contributed by atoms with Crippen molar-refractivity contribution in [3.8, 4) is 0 Å². The molecule has 0 bridgehead atoms. The van der Waals surface area contributed by atoms with Crippen LogP contribution in [-0.2, 0) is 23.6 Å². The molecule has 7 heteroatoms. The number of fused-ring (bicyclic) bond motifs is 1. The molecule has 1 saturated heterocycles. The summed E-state index contributed by atoms with van der Waals surface area (Å²) in [5.41, 5.74) is 5.14. The van der Waals surface area contributed by atoms with Gasteiger partial charge in [-0.1, -0.05) is 51.1 Å². The number of nitrogens with one attached hydrogen (secondary N) is 1. The Balaban J connectivity index is 1.54. The molecule has 1 aromatic carbocycles. The van der Waals surface area contributed by atoms with Crippen LogP contribution in [0.5, 0.6) is 0 Å². The molecule has 2 aliphatic heterocycles. The van der Waals surface area contributed by atoms with Gasteiger partial charge < -0.3 is 15.3 Å². The lowest BCUT2D eigenvalue weighted by molar-refractivity contribution is 0.249. The Morgan fingerprint density at radius 2 is 2.00 bits per heavy atom. The maximum atomic E-state index is 12.7. The molecule has 0 aliphatic carbocycles. The second kappa shape index (κ2) is 11.0. The number of benzene rings is 1. The minimum absolute atomic E-state index is 0.00910. The molecule has 3 heterocycles. The Morgan fingerprint density at radius 3 is 2.65 bits per heavy atom. The highest BCUT2D eigenvalue weighted by atomic mass is 32.2. The van der Waals surface area contributed by atoms with Crippen LogP contribution in [0.1, 0.15) is 57.4 Å². The number of hydrogen-bond acceptors (Lipinski definition) is 6. The molecule has 1 unspecified atom stereocenters. The lowest BCUT2D eigenvalue weighted by Gasteiger charge is -2.34. The number of allylic oxidation sites excluding steroid dienone is 2. The molecule has 2 aliphatic rings. The molecule has 2 aromatic rings. The Hall–Kier alpha value is -2.25. The van der Waals surface area contributed by atoms with Crippen molar-refractivity contribution in [2.24, 2.45) is 11.8 Å². The van der Waals surface area contributed by atoms with Crippen molar-refractivity contribution in [2.75, 3.05) is 35.7 Å². The fourth-order valence-electron chi connectivity index (χ4n) is 5.13. The van der Waals surface area contributed by atoms with E-state index >= 15 is 0 Å². The van der Waals surface area contributed by atoms with Crippen LogP contribution >= 0.6 is 0 Å². The second-order valence-corrected chi connectivity index (χ2v) is 11.1. The van der Waals surface area contributed by atoms with Crippen molar-refractivity contribution in [1.29, 1.82) is 0 Å². The summed E-state index contributed by atoms with van der Waals surface area (Å²) in [6, 6.07) is 8.63. The number of aromatic nitrogens is 2. The maximum absolute atomic E-state index is 12.7. The third-order valence-electron chi connectivity index (χ3n) is 7.24. The maximum Gasteiger partial charge on any atom is 0.227 e. The van der Waals surface area contributed by atoms with Gasteiger partial charge in [-0.05, 0) is 54.7 Å². The zero-order valence-electron chi connectivity index (χ0n) is 20.9. The molecule has 0 spiro atoms. The molecule has 2 N–H and O–H groups in total. The first-order chi connectivity index (χ1) is 16.5. The summed E-state index contributed by atoms with van der Waals surface area (Å²) in [4.78, 5) is 12.7. The number of anilines is 2. The molecule has 34 heavy (non-hydrogen) atoms. The van der Waals surface area contributed by atoms with Crippen molar-refractivity contribution >= 4 is 28.1 Å². The van der Waals surface area contributed by atoms with Gasteiger partial charge in [0.15, 0.2) is 0 Å². The number of hydrogen-bond donors (Lipinski definition) is 2. The zero-order valence-corrected chi connectivity index (χ0v) is 21.7. The van der Waals surface area contributed by atoms with E-state index in [1.807, 2.05) is 0 Å². The van der Waals surface area contributed by atoms with Crippen LogP contribution in [0, 0.1) is 11.8 Å². The van der Waals surface area contributed by atoms with E-state index in [2.05, 4.69) is 68.3 Å². The van der Waals surface area contributed by atoms with Crippen LogP contribution in [0.4, 0.5) is 11.8 Å². The highest BCUT2D eigenvalue weighted by molar-refractivity contribution is 7.85. The lowest BCUT2D eigenvalue weighted by Crippen LogP contribution is -2.36. The van der Waals surface area contributed by atoms with Gasteiger partial charge in [-0.2, -0.15) is 4.98 Å². The van der Waals surface area contributed by atoms with E-state index in [1.54, 1.807) is 0 Å². The quantitative estimate of drug-likeness (QED) is 0.579. The third-order valence-corrected chi connectivity index (χ3v) is 8.70. The first-order valence-corrected chi connectivity index (χ1v) is 13.9. The number of nitrogens with zero attached hydrogens (tertiary/aromatic N) is 3. The monoisotopic (exact) mass is 482 g/mol. The van der Waals surface area contributed by atoms with Crippen molar-refractivity contribution in [3.05, 3.63) is 47.2 Å². The largest absolute Gasteiger partial charge is 0.394 e. The van der Waals surface area contributed by atoms with Crippen LogP contribution in [0.3, 0.4) is 0 Å². The molecule has 1 aromatic heterocycles. The van der Waals surface area contributed by atoms with E-state index in [4.69, 9.17) is 9.97 Å². The number of aliphatic hydroxyl groups is 1. The summed E-state index contributed by atoms with van der Waals surface area (Å²) in [6.45, 7) is 10.3. The van der Waals surface area contributed by atoms with Crippen LogP contribution in [0.2, 0.25) is 0 Å². The highest BCUT2D eigenvalue weighted by Crippen LogP contribution is 2.36. The summed E-state index contributed by atoms with van der Waals surface area (Å²) >= 11 is 0. The molecule has 2 atom stereocenters. The molecule has 1 fully saturated rings. The molecule has 4 rings (SSSR count). The summed E-state index contributed by atoms with van der Waals surface area (Å²) in [5, 5.41) is 13.2. The van der Waals surface area contributed by atoms with Crippen molar-refractivity contribution in [3.63, 3.8) is 0 Å². The van der Waals surface area contributed by atoms with Gasteiger partial charge in [0.1, 0.15) is 10.7 Å². The molecule has 0 radical (unpaired) electrons. The molecule has 6 nitrogen and oxygen atoms in total. The molecule has 0 saturated carbocycles. The number of aliphatic hydroxyl groups excluding tert-OH is 1. The van der Waals surface area contributed by atoms with Gasteiger partial charge in [-0.25, -0.2) is 4.98 Å². The number of rotatable bonds is 8. The zero-order chi connectivity index (χ0) is 24.2. The van der Waals surface area contributed by atoms with E-state index in [0.717, 1.165) is 48.9 Å². The first kappa shape index (κ1) is 24.9. The van der Waals surface area contributed by atoms with Crippen LogP contribution in [0.25, 0.3) is 5.57 Å². The standard InChI is InChI=1S/C27H38N4O2S/c1-5-19-9-7-8-10-22(19)21(6-2)20-11-14-31(15-12-20)27-29-23-13-16-34(33)25(23)26(30-27)28-24(17-32)18(3)4/h6-10,18,20,24,32H,5,11-17H2,1-4H3,(H,28,29,30)/b21-6-/t24-,34?/m0/s1. The van der Waals surface area contributed by atoms with E-state index in [9.17, 15) is 9.32 Å². The minimum Gasteiger partial charge on any atom is -0.394 e. The smallest absolute Gasteiger partial charge is 0.227 e. The van der Waals surface area contributed by atoms with E-state index in [-0.39, 0.29) is 18.6 Å². The van der Waals surface area contributed by atoms with Gasteiger partial charge >= 0.3 is 0 Å². The van der Waals surface area contributed by atoms with Crippen LogP contribution in [-0.4, -0.2) is 50.8 Å². The van der Waals surface area contributed by atoms with Crippen LogP contribution in [0.15, 0.2) is 35.2 Å². The predicted molar refractivity (Wildman–Crippen MR) is 141 cm³/mol. The van der Waals surface area contributed by atoms with Crippen molar-refractivity contribution < 1.29 is 9.32 Å². The number of aryl methyl sites for hydroxylation is 2. The Bertz CT molecular complexity index is 1060. The van der Waals surface area contributed by atoms with Gasteiger partial charge in [-0.3, -0.25) is 4.21 Å². The van der Waals surface area contributed by atoms with E-state index in [1.165, 1.54) is 16.7 Å². The SMILES string of the molecule is C/C=C(\c1ccccc1CC)C1CCN(c2nc3c(c(N[C@@H](CO)C(C)C)n2)S(=O)CC3)CC1. The minimum atomic E-state index is -1.09. The first-order valence-electron chi connectivity index (χ1n) is 12.6. The average Bonchev–Trinajstić information content (AvgIpc) is 3.24. The van der Waals surface area contributed by atoms with Gasteiger partial charge in [0.25, 0.3) is 0 Å². The third kappa shape index (κ3) is 5.05. The predicted octanol–water partition coefficient (Wildman–Crippen LogP) is 4.45. The summed E-state index contributed by atoms with van der Waals surface area (Å²) in [7, 11) is -1.09. The Kier molecular flexibility index (Phi) is 8.04. The average molecular weight is 483 g/mol. The second-order valence-electron chi connectivity index (χ2n) is 9.64.